The van der Waals surface area contributed by atoms with E-state index in [0.717, 1.165) is 53.2 Å². The van der Waals surface area contributed by atoms with Crippen LogP contribution in [-0.4, -0.2) is 65.7 Å². The number of hydrogen-bond acceptors (Lipinski definition) is 5. The quantitative estimate of drug-likeness (QED) is 0.513. The minimum atomic E-state index is -0.0162. The van der Waals surface area contributed by atoms with E-state index in [2.05, 4.69) is 46.1 Å². The minimum Gasteiger partial charge on any atom is -0.375 e. The molecular weight excluding hydrogens is 414 g/mol. The summed E-state index contributed by atoms with van der Waals surface area (Å²) in [5, 5.41) is 0. The molecule has 1 amide bonds. The smallest absolute Gasteiger partial charge is 0.253 e. The molecule has 1 aliphatic heterocycles. The lowest BCUT2D eigenvalue weighted by molar-refractivity contribution is 0.0532. The van der Waals surface area contributed by atoms with Gasteiger partial charge in [0.25, 0.3) is 5.91 Å². The Labute approximate surface area is 193 Å². The number of fused-ring (bicyclic) bond motifs is 1. The van der Waals surface area contributed by atoms with Gasteiger partial charge in [-0.1, -0.05) is 24.3 Å². The number of carbonyl (C=O) groups is 1. The van der Waals surface area contributed by atoms with E-state index in [-0.39, 0.29) is 12.0 Å². The zero-order valence-corrected chi connectivity index (χ0v) is 19.1. The van der Waals surface area contributed by atoms with Gasteiger partial charge in [0.2, 0.25) is 0 Å². The van der Waals surface area contributed by atoms with Crippen molar-refractivity contribution in [2.75, 3.05) is 38.7 Å². The van der Waals surface area contributed by atoms with Gasteiger partial charge in [-0.25, -0.2) is 9.97 Å². The van der Waals surface area contributed by atoms with E-state index in [1.54, 1.807) is 25.2 Å². The second-order valence-electron chi connectivity index (χ2n) is 8.61. The van der Waals surface area contributed by atoms with Crippen LogP contribution in [0.2, 0.25) is 0 Å². The van der Waals surface area contributed by atoms with E-state index in [9.17, 15) is 4.79 Å². The summed E-state index contributed by atoms with van der Waals surface area (Å²) in [5.74, 6) is -0.0162. The topological polar surface area (TPSA) is 74.4 Å². The number of morpholine rings is 1. The Balaban J connectivity index is 1.43. The molecular formula is C26H27N5O2. The van der Waals surface area contributed by atoms with Crippen LogP contribution in [0.3, 0.4) is 0 Å². The average Bonchev–Trinajstić information content (AvgIpc) is 3.27. The Morgan fingerprint density at radius 3 is 2.52 bits per heavy atom. The molecule has 1 fully saturated rings. The van der Waals surface area contributed by atoms with Crippen molar-refractivity contribution in [1.29, 1.82) is 0 Å². The van der Waals surface area contributed by atoms with E-state index < -0.39 is 0 Å². The molecule has 2 aromatic carbocycles. The molecule has 1 saturated heterocycles. The molecule has 0 aliphatic carbocycles. The van der Waals surface area contributed by atoms with Crippen molar-refractivity contribution >= 4 is 22.8 Å². The maximum Gasteiger partial charge on any atom is 0.253 e. The van der Waals surface area contributed by atoms with Crippen molar-refractivity contribution in [3.63, 3.8) is 0 Å². The molecule has 2 aromatic heterocycles. The predicted molar refractivity (Wildman–Crippen MR) is 130 cm³/mol. The molecule has 0 saturated carbocycles. The molecule has 33 heavy (non-hydrogen) atoms. The summed E-state index contributed by atoms with van der Waals surface area (Å²) in [5.41, 5.74) is 7.19. The Bertz CT molecular complexity index is 1280. The normalized spacial score (nSPS) is 16.2. The Morgan fingerprint density at radius 1 is 1.09 bits per heavy atom. The van der Waals surface area contributed by atoms with E-state index in [1.165, 1.54) is 5.69 Å². The maximum absolute atomic E-state index is 12.2. The fourth-order valence-corrected chi connectivity index (χ4v) is 4.20. The summed E-state index contributed by atoms with van der Waals surface area (Å²) in [6.07, 6.45) is 3.96. The average molecular weight is 442 g/mol. The lowest BCUT2D eigenvalue weighted by Crippen LogP contribution is -2.41. The number of aromatic nitrogens is 3. The lowest BCUT2D eigenvalue weighted by Gasteiger charge is -2.33. The van der Waals surface area contributed by atoms with Gasteiger partial charge in [-0.15, -0.1) is 0 Å². The van der Waals surface area contributed by atoms with Gasteiger partial charge in [0.15, 0.2) is 5.65 Å². The first-order valence-corrected chi connectivity index (χ1v) is 11.1. The molecule has 1 N–H and O–H groups in total. The van der Waals surface area contributed by atoms with Gasteiger partial charge in [-0.2, -0.15) is 0 Å². The summed E-state index contributed by atoms with van der Waals surface area (Å²) in [4.78, 5) is 28.8. The van der Waals surface area contributed by atoms with Gasteiger partial charge in [-0.05, 0) is 36.8 Å². The largest absolute Gasteiger partial charge is 0.375 e. The number of H-pyrrole nitrogens is 1. The van der Waals surface area contributed by atoms with Crippen LogP contribution in [0.25, 0.3) is 33.5 Å². The summed E-state index contributed by atoms with van der Waals surface area (Å²) in [7, 11) is 3.50. The first-order valence-electron chi connectivity index (χ1n) is 11.1. The van der Waals surface area contributed by atoms with Gasteiger partial charge >= 0.3 is 0 Å². The van der Waals surface area contributed by atoms with Crippen LogP contribution in [0.15, 0.2) is 60.9 Å². The molecule has 0 radical (unpaired) electrons. The molecule has 7 heteroatoms. The zero-order valence-electron chi connectivity index (χ0n) is 19.1. The molecule has 7 nitrogen and oxygen atoms in total. The monoisotopic (exact) mass is 441 g/mol. The summed E-state index contributed by atoms with van der Waals surface area (Å²) >= 11 is 0. The first-order chi connectivity index (χ1) is 16.0. The summed E-state index contributed by atoms with van der Waals surface area (Å²) < 4.78 is 5.65. The maximum atomic E-state index is 12.2. The van der Waals surface area contributed by atoms with Crippen molar-refractivity contribution in [2.45, 2.75) is 13.0 Å². The third kappa shape index (κ3) is 4.19. The molecule has 1 atom stereocenters. The number of ether oxygens (including phenoxy) is 1. The second-order valence-corrected chi connectivity index (χ2v) is 8.61. The van der Waals surface area contributed by atoms with Crippen LogP contribution < -0.4 is 4.90 Å². The number of rotatable bonds is 4. The zero-order chi connectivity index (χ0) is 22.9. The SMILES string of the molecule is CC1CN(c2ccc(-c3cnc4[nH]cc(-c5ccc(C(=O)N(C)C)cc5)c4n3)cc2)CCO1. The fourth-order valence-electron chi connectivity index (χ4n) is 4.20. The molecule has 5 rings (SSSR count). The van der Waals surface area contributed by atoms with Gasteiger partial charge in [0.05, 0.1) is 24.6 Å². The number of benzene rings is 2. The van der Waals surface area contributed by atoms with Crippen LogP contribution >= 0.6 is 0 Å². The van der Waals surface area contributed by atoms with Crippen LogP contribution in [0.5, 0.6) is 0 Å². The van der Waals surface area contributed by atoms with E-state index in [1.807, 2.05) is 30.5 Å². The van der Waals surface area contributed by atoms with Crippen LogP contribution in [0.1, 0.15) is 17.3 Å². The van der Waals surface area contributed by atoms with Gasteiger partial charge in [0.1, 0.15) is 5.52 Å². The highest BCUT2D eigenvalue weighted by atomic mass is 16.5. The first kappa shape index (κ1) is 21.2. The van der Waals surface area contributed by atoms with Crippen molar-refractivity contribution in [3.05, 3.63) is 66.5 Å². The van der Waals surface area contributed by atoms with Crippen molar-refractivity contribution in [2.24, 2.45) is 0 Å². The number of nitrogens with one attached hydrogen (secondary N) is 1. The van der Waals surface area contributed by atoms with Gasteiger partial charge in [-0.3, -0.25) is 4.79 Å². The third-order valence-corrected chi connectivity index (χ3v) is 6.00. The molecule has 168 valence electrons. The number of hydrogen-bond donors (Lipinski definition) is 1. The molecule has 4 aromatic rings. The van der Waals surface area contributed by atoms with Crippen molar-refractivity contribution in [3.8, 4) is 22.4 Å². The van der Waals surface area contributed by atoms with Crippen molar-refractivity contribution < 1.29 is 9.53 Å². The van der Waals surface area contributed by atoms with Crippen LogP contribution in [0.4, 0.5) is 5.69 Å². The Hall–Kier alpha value is -3.71. The molecule has 1 aliphatic rings. The standard InChI is InChI=1S/C26H27N5O2/c1-17-16-31(12-13-33-17)21-10-8-19(9-11-21)23-15-28-25-24(29-23)22(14-27-25)18-4-6-20(7-5-18)26(32)30(2)3/h4-11,14-15,17H,12-13,16H2,1-3H3,(H,27,28). The van der Waals surface area contributed by atoms with Crippen LogP contribution in [-0.2, 0) is 4.74 Å². The highest BCUT2D eigenvalue weighted by Crippen LogP contribution is 2.29. The molecule has 1 unspecified atom stereocenters. The number of aromatic amines is 1. The lowest BCUT2D eigenvalue weighted by atomic mass is 10.1. The van der Waals surface area contributed by atoms with Crippen LogP contribution in [0, 0.1) is 0 Å². The number of nitrogens with zero attached hydrogens (tertiary/aromatic N) is 4. The number of carbonyl (C=O) groups excluding carboxylic acids is 1. The van der Waals surface area contributed by atoms with Gasteiger partial charge < -0.3 is 19.5 Å². The Morgan fingerprint density at radius 2 is 1.82 bits per heavy atom. The van der Waals surface area contributed by atoms with E-state index in [4.69, 9.17) is 9.72 Å². The van der Waals surface area contributed by atoms with Gasteiger partial charge in [0, 0.05) is 55.8 Å². The predicted octanol–water partition coefficient (Wildman–Crippen LogP) is 4.22. The molecule has 3 heterocycles. The Kier molecular flexibility index (Phi) is 5.56. The van der Waals surface area contributed by atoms with E-state index in [0.29, 0.717) is 5.56 Å². The fraction of sp³-hybridized carbons (Fsp3) is 0.269. The third-order valence-electron chi connectivity index (χ3n) is 6.00. The summed E-state index contributed by atoms with van der Waals surface area (Å²) in [6.45, 7) is 4.66. The number of anilines is 1. The summed E-state index contributed by atoms with van der Waals surface area (Å²) in [6, 6.07) is 16.1. The minimum absolute atomic E-state index is 0.0162. The van der Waals surface area contributed by atoms with E-state index >= 15 is 0 Å². The number of amides is 1. The molecule has 0 bridgehead atoms. The second kappa shape index (κ2) is 8.67. The highest BCUT2D eigenvalue weighted by molar-refractivity contribution is 5.96. The van der Waals surface area contributed by atoms with Crippen molar-refractivity contribution in [1.82, 2.24) is 19.9 Å². The highest BCUT2D eigenvalue weighted by Gasteiger charge is 2.17. The molecule has 0 spiro atoms.